The number of hydrogen-bond donors (Lipinski definition) is 0. The predicted octanol–water partition coefficient (Wildman–Crippen LogP) is 1.83. The van der Waals surface area contributed by atoms with Gasteiger partial charge in [-0.1, -0.05) is 11.2 Å². The van der Waals surface area contributed by atoms with Crippen LogP contribution in [-0.2, 0) is 6.61 Å². The molecular weight excluding hydrogens is 206 g/mol. The lowest BCUT2D eigenvalue weighted by molar-refractivity contribution is 0.285. The van der Waals surface area contributed by atoms with Crippen LogP contribution in [0.3, 0.4) is 0 Å². The zero-order valence-corrected chi connectivity index (χ0v) is 8.67. The van der Waals surface area contributed by atoms with Crippen LogP contribution < -0.4 is 4.74 Å². The van der Waals surface area contributed by atoms with E-state index in [-0.39, 0.29) is 6.61 Å². The Morgan fingerprint density at radius 3 is 3.06 bits per heavy atom. The molecule has 0 aliphatic carbocycles. The zero-order valence-electron chi connectivity index (χ0n) is 8.67. The van der Waals surface area contributed by atoms with Crippen LogP contribution in [0.2, 0.25) is 0 Å². The Morgan fingerprint density at radius 2 is 2.38 bits per heavy atom. The van der Waals surface area contributed by atoms with Crippen LogP contribution in [0, 0.1) is 18.3 Å². The molecule has 0 amide bonds. The summed E-state index contributed by atoms with van der Waals surface area (Å²) in [5.41, 5.74) is 0.557. The van der Waals surface area contributed by atoms with Gasteiger partial charge in [-0.3, -0.25) is 0 Å². The molecule has 0 aliphatic heterocycles. The summed E-state index contributed by atoms with van der Waals surface area (Å²) in [5.74, 6) is 1.60. The largest absolute Gasteiger partial charge is 0.485 e. The molecule has 80 valence electrons. The van der Waals surface area contributed by atoms with Gasteiger partial charge >= 0.3 is 0 Å². The van der Waals surface area contributed by atoms with Crippen molar-refractivity contribution in [2.24, 2.45) is 0 Å². The summed E-state index contributed by atoms with van der Waals surface area (Å²) in [4.78, 5) is 4.00. The summed E-state index contributed by atoms with van der Waals surface area (Å²) in [5, 5.41) is 12.4. The fraction of sp³-hybridized carbons (Fsp3) is 0.182. The van der Waals surface area contributed by atoms with Gasteiger partial charge in [0.15, 0.2) is 6.61 Å². The van der Waals surface area contributed by atoms with Gasteiger partial charge < -0.3 is 9.26 Å². The molecular formula is C11H9N3O2. The van der Waals surface area contributed by atoms with Crippen molar-refractivity contribution in [2.75, 3.05) is 0 Å². The summed E-state index contributed by atoms with van der Waals surface area (Å²) in [6.45, 7) is 1.94. The number of rotatable bonds is 3. The third-order valence-corrected chi connectivity index (χ3v) is 1.90. The first kappa shape index (κ1) is 10.2. The molecule has 0 spiro atoms. The molecule has 0 saturated heterocycles. The Kier molecular flexibility index (Phi) is 2.83. The van der Waals surface area contributed by atoms with Crippen molar-refractivity contribution in [3.8, 4) is 11.8 Å². The number of ether oxygens (including phenoxy) is 1. The number of aryl methyl sites for hydroxylation is 1. The van der Waals surface area contributed by atoms with E-state index in [1.165, 1.54) is 0 Å². The van der Waals surface area contributed by atoms with Crippen LogP contribution in [0.5, 0.6) is 5.75 Å². The zero-order chi connectivity index (χ0) is 11.4. The predicted molar refractivity (Wildman–Crippen MR) is 54.5 cm³/mol. The van der Waals surface area contributed by atoms with Gasteiger partial charge in [0.1, 0.15) is 5.75 Å². The van der Waals surface area contributed by atoms with E-state index in [0.29, 0.717) is 23.0 Å². The van der Waals surface area contributed by atoms with Crippen LogP contribution >= 0.6 is 0 Å². The minimum Gasteiger partial charge on any atom is -0.485 e. The van der Waals surface area contributed by atoms with Gasteiger partial charge in [-0.15, -0.1) is 0 Å². The first-order chi connectivity index (χ1) is 7.78. The Labute approximate surface area is 92.3 Å². The van der Waals surface area contributed by atoms with E-state index in [2.05, 4.69) is 10.1 Å². The lowest BCUT2D eigenvalue weighted by atomic mass is 10.2. The molecule has 0 radical (unpaired) electrons. The SMILES string of the molecule is Cc1nc(COc2cccc(C#N)c2)no1. The molecule has 5 heteroatoms. The third kappa shape index (κ3) is 2.36. The van der Waals surface area contributed by atoms with Crippen LogP contribution in [0.1, 0.15) is 17.3 Å². The average Bonchev–Trinajstić information content (AvgIpc) is 2.73. The van der Waals surface area contributed by atoms with E-state index < -0.39 is 0 Å². The second kappa shape index (κ2) is 4.45. The van der Waals surface area contributed by atoms with Gasteiger partial charge in [-0.2, -0.15) is 10.2 Å². The third-order valence-electron chi connectivity index (χ3n) is 1.90. The van der Waals surface area contributed by atoms with Crippen LogP contribution in [0.15, 0.2) is 28.8 Å². The standard InChI is InChI=1S/C11H9N3O2/c1-8-13-11(14-16-8)7-15-10-4-2-3-9(5-10)6-12/h2-5H,7H2,1H3. The maximum atomic E-state index is 8.71. The molecule has 1 aromatic heterocycles. The molecule has 0 atom stereocenters. The topological polar surface area (TPSA) is 71.9 Å². The molecule has 0 unspecified atom stereocenters. The second-order valence-corrected chi connectivity index (χ2v) is 3.16. The van der Waals surface area contributed by atoms with E-state index in [1.807, 2.05) is 6.07 Å². The molecule has 0 aliphatic rings. The van der Waals surface area contributed by atoms with Crippen molar-refractivity contribution >= 4 is 0 Å². The van der Waals surface area contributed by atoms with E-state index in [0.717, 1.165) is 0 Å². The van der Waals surface area contributed by atoms with E-state index in [9.17, 15) is 0 Å². The number of hydrogen-bond acceptors (Lipinski definition) is 5. The Morgan fingerprint density at radius 1 is 1.50 bits per heavy atom. The van der Waals surface area contributed by atoms with E-state index >= 15 is 0 Å². The first-order valence-corrected chi connectivity index (χ1v) is 4.70. The Hall–Kier alpha value is -2.35. The molecule has 0 bridgehead atoms. The quantitative estimate of drug-likeness (QED) is 0.780. The van der Waals surface area contributed by atoms with Crippen LogP contribution in [0.4, 0.5) is 0 Å². The second-order valence-electron chi connectivity index (χ2n) is 3.16. The van der Waals surface area contributed by atoms with Crippen LogP contribution in [-0.4, -0.2) is 10.1 Å². The monoisotopic (exact) mass is 215 g/mol. The van der Waals surface area contributed by atoms with Gasteiger partial charge in [-0.05, 0) is 18.2 Å². The maximum Gasteiger partial charge on any atom is 0.223 e. The van der Waals surface area contributed by atoms with E-state index in [4.69, 9.17) is 14.5 Å². The summed E-state index contributed by atoms with van der Waals surface area (Å²) >= 11 is 0. The molecule has 1 aromatic carbocycles. The molecule has 1 heterocycles. The van der Waals surface area contributed by atoms with E-state index in [1.54, 1.807) is 31.2 Å². The first-order valence-electron chi connectivity index (χ1n) is 4.70. The molecule has 0 saturated carbocycles. The Bertz CT molecular complexity index is 528. The molecule has 0 fully saturated rings. The van der Waals surface area contributed by atoms with Gasteiger partial charge in [0.25, 0.3) is 0 Å². The molecule has 0 N–H and O–H groups in total. The number of benzene rings is 1. The average molecular weight is 215 g/mol. The fourth-order valence-electron chi connectivity index (χ4n) is 1.20. The lowest BCUT2D eigenvalue weighted by Gasteiger charge is -2.02. The van der Waals surface area contributed by atoms with Crippen LogP contribution in [0.25, 0.3) is 0 Å². The minimum atomic E-state index is 0.228. The highest BCUT2D eigenvalue weighted by atomic mass is 16.5. The van der Waals surface area contributed by atoms with Gasteiger partial charge in [-0.25, -0.2) is 0 Å². The molecule has 16 heavy (non-hydrogen) atoms. The summed E-state index contributed by atoms with van der Waals surface area (Å²) in [7, 11) is 0. The minimum absolute atomic E-state index is 0.228. The van der Waals surface area contributed by atoms with Crippen molar-refractivity contribution < 1.29 is 9.26 Å². The highest BCUT2D eigenvalue weighted by Crippen LogP contribution is 2.13. The smallest absolute Gasteiger partial charge is 0.223 e. The summed E-state index contributed by atoms with van der Waals surface area (Å²) in [6, 6.07) is 8.94. The fourth-order valence-corrected chi connectivity index (χ4v) is 1.20. The number of aromatic nitrogens is 2. The van der Waals surface area contributed by atoms with Crippen molar-refractivity contribution in [2.45, 2.75) is 13.5 Å². The summed E-state index contributed by atoms with van der Waals surface area (Å²) < 4.78 is 10.2. The normalized spacial score (nSPS) is 9.75. The molecule has 2 aromatic rings. The highest BCUT2D eigenvalue weighted by Gasteiger charge is 2.03. The molecule has 2 rings (SSSR count). The molecule has 5 nitrogen and oxygen atoms in total. The van der Waals surface area contributed by atoms with Gasteiger partial charge in [0.05, 0.1) is 11.6 Å². The maximum absolute atomic E-state index is 8.71. The van der Waals surface area contributed by atoms with Crippen molar-refractivity contribution in [1.82, 2.24) is 10.1 Å². The van der Waals surface area contributed by atoms with Gasteiger partial charge in [0, 0.05) is 6.92 Å². The van der Waals surface area contributed by atoms with Gasteiger partial charge in [0.2, 0.25) is 11.7 Å². The summed E-state index contributed by atoms with van der Waals surface area (Å²) in [6.07, 6.45) is 0. The van der Waals surface area contributed by atoms with Crippen molar-refractivity contribution in [1.29, 1.82) is 5.26 Å². The Balaban J connectivity index is 2.02. The van der Waals surface area contributed by atoms with Crippen molar-refractivity contribution in [3.63, 3.8) is 0 Å². The number of nitrogens with zero attached hydrogens (tertiary/aromatic N) is 3. The number of nitriles is 1. The van der Waals surface area contributed by atoms with Crippen molar-refractivity contribution in [3.05, 3.63) is 41.5 Å². The highest BCUT2D eigenvalue weighted by molar-refractivity contribution is 5.36. The lowest BCUT2D eigenvalue weighted by Crippen LogP contribution is -1.97.